The third kappa shape index (κ3) is 3.35. The highest BCUT2D eigenvalue weighted by Gasteiger charge is 2.10. The summed E-state index contributed by atoms with van der Waals surface area (Å²) in [5, 5.41) is 4.33. The van der Waals surface area contributed by atoms with E-state index < -0.39 is 0 Å². The fraction of sp³-hybridized carbons (Fsp3) is 0.333. The van der Waals surface area contributed by atoms with Crippen molar-refractivity contribution >= 4 is 23.1 Å². The Morgan fingerprint density at radius 2 is 2.06 bits per heavy atom. The zero-order valence-electron chi connectivity index (χ0n) is 9.58. The van der Waals surface area contributed by atoms with E-state index >= 15 is 0 Å². The van der Waals surface area contributed by atoms with E-state index in [0.717, 1.165) is 5.71 Å². The highest BCUT2D eigenvalue weighted by atomic mass is 35.5. The van der Waals surface area contributed by atoms with Crippen LogP contribution in [-0.2, 0) is 11.4 Å². The highest BCUT2D eigenvalue weighted by Crippen LogP contribution is 2.21. The van der Waals surface area contributed by atoms with Crippen molar-refractivity contribution in [2.75, 3.05) is 0 Å². The van der Waals surface area contributed by atoms with Gasteiger partial charge in [-0.25, -0.2) is 0 Å². The van der Waals surface area contributed by atoms with E-state index in [-0.39, 0.29) is 12.4 Å². The van der Waals surface area contributed by atoms with Gasteiger partial charge in [0.15, 0.2) is 5.78 Å². The molecule has 1 aromatic rings. The number of carbonyl (C=O) groups excluding carboxylic acids is 1. The van der Waals surface area contributed by atoms with Crippen molar-refractivity contribution in [2.45, 2.75) is 27.4 Å². The summed E-state index contributed by atoms with van der Waals surface area (Å²) in [7, 11) is 0. The number of nitrogens with zero attached hydrogens (tertiary/aromatic N) is 1. The average molecular weight is 240 g/mol. The molecule has 3 nitrogen and oxygen atoms in total. The lowest BCUT2D eigenvalue weighted by Gasteiger charge is -2.07. The van der Waals surface area contributed by atoms with Gasteiger partial charge in [-0.1, -0.05) is 28.9 Å². The molecule has 0 saturated heterocycles. The second kappa shape index (κ2) is 5.66. The van der Waals surface area contributed by atoms with Gasteiger partial charge < -0.3 is 4.84 Å². The lowest BCUT2D eigenvalue weighted by atomic mass is 10.1. The molecule has 86 valence electrons. The quantitative estimate of drug-likeness (QED) is 0.459. The molecule has 0 bridgehead atoms. The Bertz CT molecular complexity index is 423. The Labute approximate surface area is 100 Å². The fourth-order valence-corrected chi connectivity index (χ4v) is 1.49. The minimum Gasteiger partial charge on any atom is -0.391 e. The van der Waals surface area contributed by atoms with E-state index in [0.29, 0.717) is 16.1 Å². The molecule has 4 heteroatoms. The van der Waals surface area contributed by atoms with E-state index in [2.05, 4.69) is 5.16 Å². The van der Waals surface area contributed by atoms with Crippen LogP contribution in [0.1, 0.15) is 36.7 Å². The first-order valence-electron chi connectivity index (χ1n) is 4.94. The van der Waals surface area contributed by atoms with Gasteiger partial charge in [-0.2, -0.15) is 0 Å². The molecule has 0 radical (unpaired) electrons. The molecule has 0 fully saturated rings. The number of ketones is 1. The second-order valence-corrected chi connectivity index (χ2v) is 4.04. The Morgan fingerprint density at radius 3 is 2.62 bits per heavy atom. The number of Topliss-reactive ketones (excluding diaryl/α,β-unsaturated/α-hetero) is 1. The maximum Gasteiger partial charge on any atom is 0.160 e. The summed E-state index contributed by atoms with van der Waals surface area (Å²) in [5.41, 5.74) is 2.08. The Morgan fingerprint density at radius 1 is 1.38 bits per heavy atom. The van der Waals surface area contributed by atoms with Crippen LogP contribution in [0.25, 0.3) is 0 Å². The molecule has 0 aliphatic rings. The molecule has 0 heterocycles. The van der Waals surface area contributed by atoms with Gasteiger partial charge in [0, 0.05) is 16.1 Å². The van der Waals surface area contributed by atoms with Gasteiger partial charge >= 0.3 is 0 Å². The molecule has 0 aromatic heterocycles. The molecule has 0 spiro atoms. The molecule has 1 rings (SSSR count). The van der Waals surface area contributed by atoms with Crippen molar-refractivity contribution in [3.8, 4) is 0 Å². The maximum atomic E-state index is 11.4. The van der Waals surface area contributed by atoms with Crippen LogP contribution in [0.15, 0.2) is 23.4 Å². The van der Waals surface area contributed by atoms with Gasteiger partial charge in [0.25, 0.3) is 0 Å². The van der Waals surface area contributed by atoms with E-state index in [4.69, 9.17) is 16.4 Å². The smallest absolute Gasteiger partial charge is 0.160 e. The van der Waals surface area contributed by atoms with Crippen LogP contribution in [0.2, 0.25) is 5.02 Å². The number of oxime groups is 1. The molecule has 0 atom stereocenters. The van der Waals surface area contributed by atoms with E-state index in [1.54, 1.807) is 18.2 Å². The molecule has 0 saturated carbocycles. The number of hydrogen-bond donors (Lipinski definition) is 0. The van der Waals surface area contributed by atoms with Gasteiger partial charge in [0.2, 0.25) is 0 Å². The first kappa shape index (κ1) is 12.7. The summed E-state index contributed by atoms with van der Waals surface area (Å²) in [6, 6.07) is 5.21. The summed E-state index contributed by atoms with van der Waals surface area (Å²) < 4.78 is 0. The fourth-order valence-electron chi connectivity index (χ4n) is 1.26. The zero-order chi connectivity index (χ0) is 12.1. The number of hydrogen-bond acceptors (Lipinski definition) is 3. The Kier molecular flexibility index (Phi) is 4.50. The summed E-state index contributed by atoms with van der Waals surface area (Å²) in [5.74, 6) is -0.0294. The summed E-state index contributed by atoms with van der Waals surface area (Å²) in [6.07, 6.45) is 0. The Hall–Kier alpha value is -1.35. The van der Waals surface area contributed by atoms with Crippen LogP contribution in [0.3, 0.4) is 0 Å². The minimum atomic E-state index is -0.0294. The predicted octanol–water partition coefficient (Wildman–Crippen LogP) is 3.46. The van der Waals surface area contributed by atoms with Crippen LogP contribution >= 0.6 is 11.6 Å². The van der Waals surface area contributed by atoms with Crippen LogP contribution in [0.4, 0.5) is 0 Å². The largest absolute Gasteiger partial charge is 0.391 e. The summed E-state index contributed by atoms with van der Waals surface area (Å²) in [4.78, 5) is 16.5. The van der Waals surface area contributed by atoms with E-state index in [9.17, 15) is 4.79 Å². The molecule has 0 aliphatic carbocycles. The van der Waals surface area contributed by atoms with Crippen LogP contribution in [0.5, 0.6) is 0 Å². The van der Waals surface area contributed by atoms with Crippen molar-refractivity contribution in [1.29, 1.82) is 0 Å². The zero-order valence-corrected chi connectivity index (χ0v) is 10.3. The first-order chi connectivity index (χ1) is 7.52. The molecular formula is C12H14ClNO2. The van der Waals surface area contributed by atoms with E-state index in [1.807, 2.05) is 13.8 Å². The monoisotopic (exact) mass is 239 g/mol. The van der Waals surface area contributed by atoms with Crippen molar-refractivity contribution in [1.82, 2.24) is 0 Å². The maximum absolute atomic E-state index is 11.4. The molecule has 16 heavy (non-hydrogen) atoms. The van der Waals surface area contributed by atoms with Crippen LogP contribution in [0, 0.1) is 0 Å². The molecule has 0 N–H and O–H groups in total. The first-order valence-corrected chi connectivity index (χ1v) is 5.31. The molecule has 0 aliphatic heterocycles. The molecule has 1 aromatic carbocycles. The third-order valence-electron chi connectivity index (χ3n) is 1.95. The number of halogens is 1. The minimum absolute atomic E-state index is 0.0294. The van der Waals surface area contributed by atoms with Crippen molar-refractivity contribution in [2.24, 2.45) is 5.16 Å². The predicted molar refractivity (Wildman–Crippen MR) is 65.0 cm³/mol. The van der Waals surface area contributed by atoms with Gasteiger partial charge in [-0.3, -0.25) is 4.79 Å². The topological polar surface area (TPSA) is 38.7 Å². The lowest BCUT2D eigenvalue weighted by molar-refractivity contribution is 0.100. The van der Waals surface area contributed by atoms with Crippen LogP contribution < -0.4 is 0 Å². The second-order valence-electron chi connectivity index (χ2n) is 3.63. The average Bonchev–Trinajstić information content (AvgIpc) is 2.19. The van der Waals surface area contributed by atoms with E-state index in [1.165, 1.54) is 6.92 Å². The van der Waals surface area contributed by atoms with Crippen molar-refractivity contribution in [3.05, 3.63) is 34.3 Å². The summed E-state index contributed by atoms with van der Waals surface area (Å²) in [6.45, 7) is 5.38. The summed E-state index contributed by atoms with van der Waals surface area (Å²) >= 11 is 6.01. The van der Waals surface area contributed by atoms with Crippen molar-refractivity contribution in [3.63, 3.8) is 0 Å². The SMILES string of the molecule is CC(=O)c1cccc(Cl)c1CON=C(C)C. The van der Waals surface area contributed by atoms with Crippen molar-refractivity contribution < 1.29 is 9.63 Å². The van der Waals surface area contributed by atoms with Gasteiger partial charge in [-0.15, -0.1) is 0 Å². The molecule has 0 amide bonds. The highest BCUT2D eigenvalue weighted by molar-refractivity contribution is 6.31. The van der Waals surface area contributed by atoms with Gasteiger partial charge in [0.05, 0.1) is 5.71 Å². The van der Waals surface area contributed by atoms with Crippen LogP contribution in [-0.4, -0.2) is 11.5 Å². The lowest BCUT2D eigenvalue weighted by Crippen LogP contribution is -2.01. The Balaban J connectivity index is 2.93. The number of carbonyl (C=O) groups is 1. The molecule has 0 unspecified atom stereocenters. The third-order valence-corrected chi connectivity index (χ3v) is 2.31. The van der Waals surface area contributed by atoms with Gasteiger partial charge in [-0.05, 0) is 26.8 Å². The standard InChI is InChI=1S/C12H14ClNO2/c1-8(2)14-16-7-11-10(9(3)15)5-4-6-12(11)13/h4-6H,7H2,1-3H3. The number of benzene rings is 1. The number of rotatable bonds is 4. The molecular weight excluding hydrogens is 226 g/mol. The van der Waals surface area contributed by atoms with Gasteiger partial charge in [0.1, 0.15) is 6.61 Å². The normalized spacial score (nSPS) is 9.75.